The average Bonchev–Trinajstić information content (AvgIpc) is 2.54. The maximum absolute atomic E-state index is 11.1. The zero-order valence-electron chi connectivity index (χ0n) is 12.7. The van der Waals surface area contributed by atoms with Crippen molar-refractivity contribution in [3.63, 3.8) is 0 Å². The van der Waals surface area contributed by atoms with Crippen LogP contribution in [0.1, 0.15) is 59.3 Å². The lowest BCUT2D eigenvalue weighted by atomic mass is 9.94. The fourth-order valence-electron chi connectivity index (χ4n) is 3.16. The number of carboxylic acid groups (broad SMARTS) is 1. The second-order valence-electron chi connectivity index (χ2n) is 6.40. The number of rotatable bonds is 6. The summed E-state index contributed by atoms with van der Waals surface area (Å²) in [5.41, 5.74) is 4.74. The van der Waals surface area contributed by atoms with Crippen molar-refractivity contribution < 1.29 is 9.90 Å². The Morgan fingerprint density at radius 3 is 2.74 bits per heavy atom. The number of carboxylic acids is 1. The Morgan fingerprint density at radius 1 is 1.47 bits per heavy atom. The molecule has 19 heavy (non-hydrogen) atoms. The zero-order chi connectivity index (χ0) is 14.5. The van der Waals surface area contributed by atoms with E-state index in [-0.39, 0.29) is 6.04 Å². The number of aliphatic carboxylic acids is 1. The summed E-state index contributed by atoms with van der Waals surface area (Å²) in [6.07, 6.45) is 6.89. The standard InChI is InChI=1S/C15H30N2O2/c1-4-6-13-7-5-9-17(10-8-13)12(2)11-15(3,16)14(18)19/h12-13H,4-11,16H2,1-3H3,(H,18,19). The van der Waals surface area contributed by atoms with Crippen molar-refractivity contribution in [3.8, 4) is 0 Å². The van der Waals surface area contributed by atoms with Gasteiger partial charge < -0.3 is 15.7 Å². The second-order valence-corrected chi connectivity index (χ2v) is 6.40. The summed E-state index contributed by atoms with van der Waals surface area (Å²) in [6, 6.07) is 0.242. The highest BCUT2D eigenvalue weighted by Gasteiger charge is 2.32. The topological polar surface area (TPSA) is 66.6 Å². The summed E-state index contributed by atoms with van der Waals surface area (Å²) in [7, 11) is 0. The Morgan fingerprint density at radius 2 is 2.16 bits per heavy atom. The van der Waals surface area contributed by atoms with Crippen molar-refractivity contribution in [3.05, 3.63) is 0 Å². The molecule has 0 radical (unpaired) electrons. The van der Waals surface area contributed by atoms with Crippen molar-refractivity contribution in [2.45, 2.75) is 70.9 Å². The van der Waals surface area contributed by atoms with E-state index >= 15 is 0 Å². The van der Waals surface area contributed by atoms with Crippen LogP contribution < -0.4 is 5.73 Å². The van der Waals surface area contributed by atoms with E-state index in [9.17, 15) is 4.79 Å². The summed E-state index contributed by atoms with van der Waals surface area (Å²) in [4.78, 5) is 13.5. The summed E-state index contributed by atoms with van der Waals surface area (Å²) in [5.74, 6) is -0.0519. The Kier molecular flexibility index (Phi) is 6.27. The van der Waals surface area contributed by atoms with Crippen LogP contribution in [-0.2, 0) is 4.79 Å². The van der Waals surface area contributed by atoms with Crippen LogP contribution in [0.25, 0.3) is 0 Å². The molecule has 3 atom stereocenters. The van der Waals surface area contributed by atoms with Crippen LogP contribution >= 0.6 is 0 Å². The van der Waals surface area contributed by atoms with Gasteiger partial charge in [0.05, 0.1) is 0 Å². The lowest BCUT2D eigenvalue weighted by Gasteiger charge is -2.32. The van der Waals surface area contributed by atoms with Gasteiger partial charge in [0.1, 0.15) is 5.54 Å². The minimum atomic E-state index is -1.12. The van der Waals surface area contributed by atoms with Crippen LogP contribution in [-0.4, -0.2) is 40.6 Å². The summed E-state index contributed by atoms with van der Waals surface area (Å²) in [6.45, 7) is 8.13. The minimum Gasteiger partial charge on any atom is -0.480 e. The van der Waals surface area contributed by atoms with Crippen molar-refractivity contribution in [1.29, 1.82) is 0 Å². The monoisotopic (exact) mass is 270 g/mol. The molecule has 4 heteroatoms. The summed E-state index contributed by atoms with van der Waals surface area (Å²) in [5, 5.41) is 9.11. The van der Waals surface area contributed by atoms with Gasteiger partial charge in [0.25, 0.3) is 0 Å². The second kappa shape index (κ2) is 7.25. The van der Waals surface area contributed by atoms with Gasteiger partial charge in [0, 0.05) is 6.04 Å². The first-order chi connectivity index (χ1) is 8.86. The van der Waals surface area contributed by atoms with Crippen molar-refractivity contribution in [2.75, 3.05) is 13.1 Å². The van der Waals surface area contributed by atoms with Gasteiger partial charge in [-0.3, -0.25) is 4.79 Å². The van der Waals surface area contributed by atoms with Gasteiger partial charge in [0.2, 0.25) is 0 Å². The van der Waals surface area contributed by atoms with Crippen molar-refractivity contribution >= 4 is 5.97 Å². The molecule has 0 aromatic rings. The number of nitrogens with two attached hydrogens (primary N) is 1. The quantitative estimate of drug-likeness (QED) is 0.778. The number of nitrogens with zero attached hydrogens (tertiary/aromatic N) is 1. The Bertz CT molecular complexity index is 292. The molecule has 3 N–H and O–H groups in total. The normalized spacial score (nSPS) is 26.4. The highest BCUT2D eigenvalue weighted by molar-refractivity contribution is 5.77. The lowest BCUT2D eigenvalue weighted by Crippen LogP contribution is -2.50. The van der Waals surface area contributed by atoms with Crippen LogP contribution in [0.2, 0.25) is 0 Å². The van der Waals surface area contributed by atoms with E-state index < -0.39 is 11.5 Å². The fourth-order valence-corrected chi connectivity index (χ4v) is 3.16. The van der Waals surface area contributed by atoms with E-state index in [1.807, 2.05) is 0 Å². The van der Waals surface area contributed by atoms with E-state index in [1.54, 1.807) is 6.92 Å². The van der Waals surface area contributed by atoms with Gasteiger partial charge in [-0.05, 0) is 58.5 Å². The fraction of sp³-hybridized carbons (Fsp3) is 0.933. The zero-order valence-corrected chi connectivity index (χ0v) is 12.7. The van der Waals surface area contributed by atoms with Gasteiger partial charge in [-0.2, -0.15) is 0 Å². The Hall–Kier alpha value is -0.610. The predicted octanol–water partition coefficient (Wildman–Crippen LogP) is 2.47. The predicted molar refractivity (Wildman–Crippen MR) is 78.1 cm³/mol. The molecule has 4 nitrogen and oxygen atoms in total. The number of hydrogen-bond acceptors (Lipinski definition) is 3. The molecule has 0 spiro atoms. The molecule has 3 unspecified atom stereocenters. The highest BCUT2D eigenvalue weighted by atomic mass is 16.4. The molecule has 1 saturated heterocycles. The third-order valence-corrected chi connectivity index (χ3v) is 4.41. The molecule has 0 saturated carbocycles. The van der Waals surface area contributed by atoms with Gasteiger partial charge in [-0.15, -0.1) is 0 Å². The first-order valence-corrected chi connectivity index (χ1v) is 7.63. The van der Waals surface area contributed by atoms with Crippen LogP contribution in [0.15, 0.2) is 0 Å². The van der Waals surface area contributed by atoms with Crippen LogP contribution in [0, 0.1) is 5.92 Å². The minimum absolute atomic E-state index is 0.242. The number of hydrogen-bond donors (Lipinski definition) is 2. The molecule has 112 valence electrons. The number of likely N-dealkylation sites (tertiary alicyclic amines) is 1. The van der Waals surface area contributed by atoms with E-state index in [2.05, 4.69) is 18.7 Å². The Labute approximate surface area is 117 Å². The maximum atomic E-state index is 11.1. The first-order valence-electron chi connectivity index (χ1n) is 7.63. The molecule has 0 aromatic carbocycles. The molecule has 0 bridgehead atoms. The molecular formula is C15H30N2O2. The van der Waals surface area contributed by atoms with Gasteiger partial charge in [0.15, 0.2) is 0 Å². The van der Waals surface area contributed by atoms with Crippen LogP contribution in [0.4, 0.5) is 0 Å². The Balaban J connectivity index is 2.49. The molecule has 1 aliphatic rings. The molecule has 0 aliphatic carbocycles. The lowest BCUT2D eigenvalue weighted by molar-refractivity contribution is -0.143. The first kappa shape index (κ1) is 16.4. The average molecular weight is 270 g/mol. The van der Waals surface area contributed by atoms with E-state index in [0.29, 0.717) is 6.42 Å². The molecular weight excluding hydrogens is 240 g/mol. The van der Waals surface area contributed by atoms with Crippen LogP contribution in [0.5, 0.6) is 0 Å². The van der Waals surface area contributed by atoms with E-state index in [0.717, 1.165) is 19.0 Å². The van der Waals surface area contributed by atoms with Crippen molar-refractivity contribution in [2.24, 2.45) is 11.7 Å². The third-order valence-electron chi connectivity index (χ3n) is 4.41. The molecule has 0 aromatic heterocycles. The highest BCUT2D eigenvalue weighted by Crippen LogP contribution is 2.24. The van der Waals surface area contributed by atoms with E-state index in [1.165, 1.54) is 32.1 Å². The third kappa shape index (κ3) is 5.11. The van der Waals surface area contributed by atoms with Crippen molar-refractivity contribution in [1.82, 2.24) is 4.90 Å². The smallest absolute Gasteiger partial charge is 0.323 e. The SMILES string of the molecule is CCCC1CCCN(C(C)CC(C)(N)C(=O)O)CC1. The number of carbonyl (C=O) groups is 1. The van der Waals surface area contributed by atoms with Gasteiger partial charge >= 0.3 is 5.97 Å². The largest absolute Gasteiger partial charge is 0.480 e. The maximum Gasteiger partial charge on any atom is 0.323 e. The van der Waals surface area contributed by atoms with Gasteiger partial charge in [-0.1, -0.05) is 19.8 Å². The summed E-state index contributed by atoms with van der Waals surface area (Å²) < 4.78 is 0. The van der Waals surface area contributed by atoms with Crippen LogP contribution in [0.3, 0.4) is 0 Å². The molecule has 1 rings (SSSR count). The molecule has 1 fully saturated rings. The molecule has 0 amide bonds. The molecule has 1 heterocycles. The van der Waals surface area contributed by atoms with Gasteiger partial charge in [-0.25, -0.2) is 0 Å². The molecule has 1 aliphatic heterocycles. The van der Waals surface area contributed by atoms with E-state index in [4.69, 9.17) is 10.8 Å². The summed E-state index contributed by atoms with van der Waals surface area (Å²) >= 11 is 0.